The minimum Gasteiger partial charge on any atom is -0.462 e. The molecule has 3 heteroatoms. The molecule has 0 aromatic carbocycles. The minimum absolute atomic E-state index is 0.138. The summed E-state index contributed by atoms with van der Waals surface area (Å²) in [6, 6.07) is 0. The van der Waals surface area contributed by atoms with Crippen LogP contribution in [0, 0.1) is 0 Å². The van der Waals surface area contributed by atoms with Crippen molar-refractivity contribution in [2.24, 2.45) is 0 Å². The van der Waals surface area contributed by atoms with Crippen LogP contribution in [0.2, 0.25) is 0 Å². The maximum absolute atomic E-state index is 5.32. The Morgan fingerprint density at radius 2 is 1.23 bits per heavy atom. The number of methoxy groups -OCH3 is 2. The molecule has 0 aliphatic rings. The SMILES string of the molecule is C=C(OC(=C)C(C)OC)C(C)OC. The lowest BCUT2D eigenvalue weighted by molar-refractivity contribution is 0.0598. The summed E-state index contributed by atoms with van der Waals surface area (Å²) in [5.41, 5.74) is 0. The van der Waals surface area contributed by atoms with E-state index in [1.807, 2.05) is 13.8 Å². The average molecular weight is 186 g/mol. The molecule has 13 heavy (non-hydrogen) atoms. The lowest BCUT2D eigenvalue weighted by atomic mass is 10.3. The van der Waals surface area contributed by atoms with Crippen LogP contribution in [0.15, 0.2) is 24.7 Å². The number of rotatable bonds is 6. The third kappa shape index (κ3) is 4.10. The maximum atomic E-state index is 5.32. The lowest BCUT2D eigenvalue weighted by Crippen LogP contribution is -2.15. The minimum atomic E-state index is -0.138. The fourth-order valence-corrected chi connectivity index (χ4v) is 0.597. The Morgan fingerprint density at radius 3 is 1.46 bits per heavy atom. The van der Waals surface area contributed by atoms with Crippen molar-refractivity contribution in [3.63, 3.8) is 0 Å². The normalized spacial score (nSPS) is 14.8. The van der Waals surface area contributed by atoms with E-state index >= 15 is 0 Å². The third-order valence-corrected chi connectivity index (χ3v) is 1.88. The second-order valence-electron chi connectivity index (χ2n) is 2.79. The summed E-state index contributed by atoms with van der Waals surface area (Å²) in [6.45, 7) is 11.1. The van der Waals surface area contributed by atoms with Gasteiger partial charge < -0.3 is 14.2 Å². The molecule has 0 aliphatic carbocycles. The highest BCUT2D eigenvalue weighted by atomic mass is 16.6. The van der Waals surface area contributed by atoms with Gasteiger partial charge in [-0.3, -0.25) is 0 Å². The van der Waals surface area contributed by atoms with Gasteiger partial charge in [0.1, 0.15) is 23.7 Å². The molecular weight excluding hydrogens is 168 g/mol. The van der Waals surface area contributed by atoms with E-state index in [2.05, 4.69) is 13.2 Å². The quantitative estimate of drug-likeness (QED) is 0.594. The smallest absolute Gasteiger partial charge is 0.125 e. The van der Waals surface area contributed by atoms with Crippen molar-refractivity contribution in [2.45, 2.75) is 26.1 Å². The molecule has 0 spiro atoms. The molecule has 0 amide bonds. The Labute approximate surface area is 80.0 Å². The summed E-state index contributed by atoms with van der Waals surface area (Å²) in [6.07, 6.45) is -0.276. The van der Waals surface area contributed by atoms with Crippen molar-refractivity contribution in [1.29, 1.82) is 0 Å². The van der Waals surface area contributed by atoms with Crippen molar-refractivity contribution in [3.05, 3.63) is 24.7 Å². The van der Waals surface area contributed by atoms with Crippen LogP contribution in [0.25, 0.3) is 0 Å². The van der Waals surface area contributed by atoms with Crippen LogP contribution in [-0.2, 0) is 14.2 Å². The van der Waals surface area contributed by atoms with Gasteiger partial charge in [0.2, 0.25) is 0 Å². The largest absolute Gasteiger partial charge is 0.462 e. The van der Waals surface area contributed by atoms with Crippen molar-refractivity contribution >= 4 is 0 Å². The number of hydrogen-bond donors (Lipinski definition) is 0. The molecule has 3 nitrogen and oxygen atoms in total. The van der Waals surface area contributed by atoms with Gasteiger partial charge in [-0.25, -0.2) is 0 Å². The Bertz CT molecular complexity index is 167. The molecular formula is C10H18O3. The van der Waals surface area contributed by atoms with Gasteiger partial charge in [-0.15, -0.1) is 0 Å². The van der Waals surface area contributed by atoms with E-state index in [0.717, 1.165) is 0 Å². The van der Waals surface area contributed by atoms with Gasteiger partial charge in [-0.1, -0.05) is 13.2 Å². The third-order valence-electron chi connectivity index (χ3n) is 1.88. The summed E-state index contributed by atoms with van der Waals surface area (Å²) in [5, 5.41) is 0. The predicted octanol–water partition coefficient (Wildman–Crippen LogP) is 2.10. The molecule has 0 N–H and O–H groups in total. The van der Waals surface area contributed by atoms with Crippen LogP contribution >= 0.6 is 0 Å². The Kier molecular flexibility index (Phi) is 5.42. The Hall–Kier alpha value is -0.800. The molecule has 2 atom stereocenters. The zero-order chi connectivity index (χ0) is 10.4. The monoisotopic (exact) mass is 186 g/mol. The standard InChI is InChI=1S/C10H18O3/c1-7(11-5)9(3)13-10(4)8(2)12-6/h7-8H,3-4H2,1-2,5-6H3. The van der Waals surface area contributed by atoms with Gasteiger partial charge in [0.05, 0.1) is 0 Å². The fourth-order valence-electron chi connectivity index (χ4n) is 0.597. The second kappa shape index (κ2) is 5.78. The van der Waals surface area contributed by atoms with E-state index in [9.17, 15) is 0 Å². The van der Waals surface area contributed by atoms with Crippen molar-refractivity contribution in [1.82, 2.24) is 0 Å². The van der Waals surface area contributed by atoms with Gasteiger partial charge in [-0.05, 0) is 13.8 Å². The van der Waals surface area contributed by atoms with Gasteiger partial charge in [-0.2, -0.15) is 0 Å². The topological polar surface area (TPSA) is 27.7 Å². The van der Waals surface area contributed by atoms with Crippen LogP contribution in [0.1, 0.15) is 13.8 Å². The first-order valence-corrected chi connectivity index (χ1v) is 4.14. The van der Waals surface area contributed by atoms with E-state index < -0.39 is 0 Å². The van der Waals surface area contributed by atoms with E-state index in [-0.39, 0.29) is 12.2 Å². The molecule has 0 aromatic heterocycles. The first-order chi connectivity index (χ1) is 6.02. The van der Waals surface area contributed by atoms with Gasteiger partial charge in [0, 0.05) is 14.2 Å². The molecule has 2 unspecified atom stereocenters. The summed E-state index contributed by atoms with van der Waals surface area (Å²) >= 11 is 0. The maximum Gasteiger partial charge on any atom is 0.125 e. The molecule has 0 bridgehead atoms. The van der Waals surface area contributed by atoms with Crippen LogP contribution in [0.4, 0.5) is 0 Å². The summed E-state index contributed by atoms with van der Waals surface area (Å²) < 4.78 is 15.4. The van der Waals surface area contributed by atoms with Crippen molar-refractivity contribution in [3.8, 4) is 0 Å². The molecule has 0 saturated heterocycles. The highest BCUT2D eigenvalue weighted by molar-refractivity contribution is 5.00. The molecule has 76 valence electrons. The first kappa shape index (κ1) is 12.2. The molecule has 0 fully saturated rings. The van der Waals surface area contributed by atoms with Crippen molar-refractivity contribution < 1.29 is 14.2 Å². The zero-order valence-electron chi connectivity index (χ0n) is 8.79. The Balaban J connectivity index is 3.99. The highest BCUT2D eigenvalue weighted by Crippen LogP contribution is 2.13. The van der Waals surface area contributed by atoms with E-state index in [4.69, 9.17) is 14.2 Å². The van der Waals surface area contributed by atoms with Crippen molar-refractivity contribution in [2.75, 3.05) is 14.2 Å². The fraction of sp³-hybridized carbons (Fsp3) is 0.600. The summed E-state index contributed by atoms with van der Waals surface area (Å²) in [5.74, 6) is 1.08. The van der Waals surface area contributed by atoms with Gasteiger partial charge in [0.25, 0.3) is 0 Å². The van der Waals surface area contributed by atoms with Crippen LogP contribution in [0.5, 0.6) is 0 Å². The first-order valence-electron chi connectivity index (χ1n) is 4.14. The van der Waals surface area contributed by atoms with E-state index in [1.54, 1.807) is 14.2 Å². The Morgan fingerprint density at radius 1 is 0.923 bits per heavy atom. The predicted molar refractivity (Wildman–Crippen MR) is 52.3 cm³/mol. The van der Waals surface area contributed by atoms with Gasteiger partial charge in [0.15, 0.2) is 0 Å². The summed E-state index contributed by atoms with van der Waals surface area (Å²) in [4.78, 5) is 0. The highest BCUT2D eigenvalue weighted by Gasteiger charge is 2.11. The van der Waals surface area contributed by atoms with Gasteiger partial charge >= 0.3 is 0 Å². The molecule has 0 radical (unpaired) electrons. The second-order valence-corrected chi connectivity index (χ2v) is 2.79. The molecule has 0 saturated carbocycles. The van der Waals surface area contributed by atoms with Crippen LogP contribution < -0.4 is 0 Å². The average Bonchev–Trinajstić information content (AvgIpc) is 2.14. The molecule has 0 heterocycles. The molecule has 0 rings (SSSR count). The van der Waals surface area contributed by atoms with Crippen LogP contribution in [-0.4, -0.2) is 26.4 Å². The molecule has 0 aliphatic heterocycles. The summed E-state index contributed by atoms with van der Waals surface area (Å²) in [7, 11) is 3.20. The number of hydrogen-bond acceptors (Lipinski definition) is 3. The molecule has 0 aromatic rings. The van der Waals surface area contributed by atoms with E-state index in [1.165, 1.54) is 0 Å². The van der Waals surface area contributed by atoms with Crippen LogP contribution in [0.3, 0.4) is 0 Å². The lowest BCUT2D eigenvalue weighted by Gasteiger charge is -2.18. The number of ether oxygens (including phenoxy) is 3. The zero-order valence-corrected chi connectivity index (χ0v) is 8.79. The van der Waals surface area contributed by atoms with E-state index in [0.29, 0.717) is 11.5 Å².